The van der Waals surface area contributed by atoms with Crippen molar-refractivity contribution in [3.8, 4) is 0 Å². The van der Waals surface area contributed by atoms with Gasteiger partial charge in [-0.25, -0.2) is 0 Å². The van der Waals surface area contributed by atoms with E-state index in [1.165, 1.54) is 12.1 Å². The zero-order valence-corrected chi connectivity index (χ0v) is 16.1. The molecule has 0 saturated heterocycles. The molecule has 0 aromatic heterocycles. The van der Waals surface area contributed by atoms with Crippen LogP contribution in [0.25, 0.3) is 0 Å². The molecular formula is C19H24N2O4S. The number of anilines is 2. The molecule has 2 rings (SSSR count). The summed E-state index contributed by atoms with van der Waals surface area (Å²) in [4.78, 5) is 12.4. The van der Waals surface area contributed by atoms with Gasteiger partial charge in [0.15, 0.2) is 5.78 Å². The van der Waals surface area contributed by atoms with Crippen molar-refractivity contribution in [2.24, 2.45) is 0 Å². The van der Waals surface area contributed by atoms with Crippen LogP contribution in [0.3, 0.4) is 0 Å². The highest BCUT2D eigenvalue weighted by Crippen LogP contribution is 2.24. The third-order valence-electron chi connectivity index (χ3n) is 3.56. The minimum atomic E-state index is -4.54. The van der Waals surface area contributed by atoms with Gasteiger partial charge in [0, 0.05) is 34.6 Å². The van der Waals surface area contributed by atoms with Crippen molar-refractivity contribution in [3.63, 3.8) is 0 Å². The van der Waals surface area contributed by atoms with Gasteiger partial charge in [-0.05, 0) is 70.2 Å². The number of carbonyl (C=O) groups excluding carboxylic acids is 1. The zero-order chi connectivity index (χ0) is 19.5. The molecule has 0 amide bonds. The third-order valence-corrected chi connectivity index (χ3v) is 4.46. The van der Waals surface area contributed by atoms with Gasteiger partial charge in [0.05, 0.1) is 0 Å². The fraction of sp³-hybridized carbons (Fsp3) is 0.316. The maximum atomic E-state index is 12.8. The Kier molecular flexibility index (Phi) is 6.05. The van der Waals surface area contributed by atoms with E-state index in [9.17, 15) is 17.8 Å². The van der Waals surface area contributed by atoms with Crippen LogP contribution >= 0.6 is 0 Å². The number of carbonyl (C=O) groups is 1. The summed E-state index contributed by atoms with van der Waals surface area (Å²) in [5.41, 5.74) is 1.66. The molecule has 0 fully saturated rings. The summed E-state index contributed by atoms with van der Waals surface area (Å²) in [5, 5.41) is 6.27. The fourth-order valence-corrected chi connectivity index (χ4v) is 3.27. The maximum absolute atomic E-state index is 12.8. The van der Waals surface area contributed by atoms with Crippen molar-refractivity contribution in [1.29, 1.82) is 0 Å². The molecule has 3 N–H and O–H groups in total. The predicted octanol–water partition coefficient (Wildman–Crippen LogP) is 3.80. The summed E-state index contributed by atoms with van der Waals surface area (Å²) < 4.78 is 33.1. The molecule has 140 valence electrons. The van der Waals surface area contributed by atoms with Crippen LogP contribution < -0.4 is 10.6 Å². The van der Waals surface area contributed by atoms with Gasteiger partial charge in [-0.3, -0.25) is 9.35 Å². The Morgan fingerprint density at radius 2 is 1.38 bits per heavy atom. The van der Waals surface area contributed by atoms with E-state index in [2.05, 4.69) is 10.6 Å². The zero-order valence-electron chi connectivity index (χ0n) is 15.3. The van der Waals surface area contributed by atoms with E-state index in [0.29, 0.717) is 11.3 Å². The first kappa shape index (κ1) is 19.9. The molecule has 0 bridgehead atoms. The minimum Gasteiger partial charge on any atom is -0.383 e. The van der Waals surface area contributed by atoms with Gasteiger partial charge in [-0.1, -0.05) is 0 Å². The molecule has 6 nitrogen and oxygen atoms in total. The van der Waals surface area contributed by atoms with E-state index in [1.807, 2.05) is 27.7 Å². The first-order chi connectivity index (χ1) is 12.1. The second kappa shape index (κ2) is 7.88. The van der Waals surface area contributed by atoms with Crippen LogP contribution in [-0.2, 0) is 10.1 Å². The van der Waals surface area contributed by atoms with Gasteiger partial charge >= 0.3 is 0 Å². The quantitative estimate of drug-likeness (QED) is 0.502. The Hall–Kier alpha value is -2.38. The number of nitrogens with one attached hydrogen (secondary N) is 2. The van der Waals surface area contributed by atoms with Crippen LogP contribution in [0.2, 0.25) is 0 Å². The number of hydrogen-bond acceptors (Lipinski definition) is 5. The molecule has 0 aliphatic rings. The van der Waals surface area contributed by atoms with E-state index in [-0.39, 0.29) is 17.6 Å². The van der Waals surface area contributed by atoms with Crippen molar-refractivity contribution in [1.82, 2.24) is 0 Å². The molecule has 0 atom stereocenters. The lowest BCUT2D eigenvalue weighted by molar-refractivity contribution is 0.103. The van der Waals surface area contributed by atoms with Crippen molar-refractivity contribution < 1.29 is 17.8 Å². The van der Waals surface area contributed by atoms with Crippen LogP contribution in [0.15, 0.2) is 47.4 Å². The van der Waals surface area contributed by atoms with Crippen LogP contribution in [0.4, 0.5) is 11.4 Å². The molecule has 0 unspecified atom stereocenters. The normalized spacial score (nSPS) is 11.7. The molecule has 7 heteroatoms. The molecule has 0 heterocycles. The molecule has 2 aromatic rings. The Morgan fingerprint density at radius 1 is 0.885 bits per heavy atom. The lowest BCUT2D eigenvalue weighted by Crippen LogP contribution is -2.14. The van der Waals surface area contributed by atoms with Gasteiger partial charge in [-0.15, -0.1) is 0 Å². The lowest BCUT2D eigenvalue weighted by atomic mass is 10.0. The van der Waals surface area contributed by atoms with Gasteiger partial charge in [-0.2, -0.15) is 8.42 Å². The number of rotatable bonds is 7. The monoisotopic (exact) mass is 376 g/mol. The SMILES string of the molecule is CC(C)Nc1ccc(C(=O)c2ccc(NC(C)C)cc2S(=O)(=O)O)cc1. The highest BCUT2D eigenvalue weighted by Gasteiger charge is 2.22. The highest BCUT2D eigenvalue weighted by molar-refractivity contribution is 7.86. The Balaban J connectivity index is 2.41. The van der Waals surface area contributed by atoms with Gasteiger partial charge in [0.25, 0.3) is 10.1 Å². The standard InChI is InChI=1S/C19H24N2O4S/c1-12(2)20-15-7-5-14(6-8-15)19(22)17-10-9-16(21-13(3)4)11-18(17)26(23,24)25/h5-13,20-21H,1-4H3,(H,23,24,25). The second-order valence-electron chi connectivity index (χ2n) is 6.69. The molecule has 0 spiro atoms. The van der Waals surface area contributed by atoms with Crippen LogP contribution in [0.1, 0.15) is 43.6 Å². The van der Waals surface area contributed by atoms with Gasteiger partial charge in [0.1, 0.15) is 4.90 Å². The van der Waals surface area contributed by atoms with Gasteiger partial charge in [0.2, 0.25) is 0 Å². The first-order valence-corrected chi connectivity index (χ1v) is 9.81. The predicted molar refractivity (Wildman–Crippen MR) is 104 cm³/mol. The average Bonchev–Trinajstić information content (AvgIpc) is 2.53. The average molecular weight is 376 g/mol. The number of hydrogen-bond donors (Lipinski definition) is 3. The first-order valence-electron chi connectivity index (χ1n) is 8.37. The fourth-order valence-electron chi connectivity index (χ4n) is 2.55. The smallest absolute Gasteiger partial charge is 0.295 e. The van der Waals surface area contributed by atoms with E-state index < -0.39 is 20.8 Å². The van der Waals surface area contributed by atoms with E-state index in [0.717, 1.165) is 5.69 Å². The van der Waals surface area contributed by atoms with Gasteiger partial charge < -0.3 is 10.6 Å². The summed E-state index contributed by atoms with van der Waals surface area (Å²) in [6.07, 6.45) is 0. The summed E-state index contributed by atoms with van der Waals surface area (Å²) in [7, 11) is -4.54. The minimum absolute atomic E-state index is 0.0635. The number of ketones is 1. The molecule has 0 aliphatic carbocycles. The van der Waals surface area contributed by atoms with E-state index >= 15 is 0 Å². The summed E-state index contributed by atoms with van der Waals surface area (Å²) in [5.74, 6) is -0.468. The van der Waals surface area contributed by atoms with E-state index in [1.54, 1.807) is 30.3 Å². The maximum Gasteiger partial charge on any atom is 0.295 e. The Bertz CT molecular complexity index is 888. The molecule has 2 aromatic carbocycles. The topological polar surface area (TPSA) is 95.5 Å². The van der Waals surface area contributed by atoms with Crippen LogP contribution in [0.5, 0.6) is 0 Å². The van der Waals surface area contributed by atoms with Crippen molar-refractivity contribution in [2.45, 2.75) is 44.7 Å². The largest absolute Gasteiger partial charge is 0.383 e. The Labute approximate surface area is 154 Å². The van der Waals surface area contributed by atoms with Crippen molar-refractivity contribution in [3.05, 3.63) is 53.6 Å². The Morgan fingerprint density at radius 3 is 1.88 bits per heavy atom. The molecule has 0 aliphatic heterocycles. The summed E-state index contributed by atoms with van der Waals surface area (Å²) in [6, 6.07) is 11.4. The lowest BCUT2D eigenvalue weighted by Gasteiger charge is -2.14. The van der Waals surface area contributed by atoms with Crippen molar-refractivity contribution >= 4 is 27.3 Å². The van der Waals surface area contributed by atoms with Crippen LogP contribution in [0, 0.1) is 0 Å². The molecule has 0 radical (unpaired) electrons. The number of benzene rings is 2. The van der Waals surface area contributed by atoms with Crippen molar-refractivity contribution in [2.75, 3.05) is 10.6 Å². The summed E-state index contributed by atoms with van der Waals surface area (Å²) in [6.45, 7) is 7.81. The highest BCUT2D eigenvalue weighted by atomic mass is 32.2. The van der Waals surface area contributed by atoms with Crippen LogP contribution in [-0.4, -0.2) is 30.8 Å². The molecular weight excluding hydrogens is 352 g/mol. The molecule has 26 heavy (non-hydrogen) atoms. The summed E-state index contributed by atoms with van der Waals surface area (Å²) >= 11 is 0. The second-order valence-corrected chi connectivity index (χ2v) is 8.08. The molecule has 0 saturated carbocycles. The van der Waals surface area contributed by atoms with E-state index in [4.69, 9.17) is 0 Å². The third kappa shape index (κ3) is 5.06.